The first kappa shape index (κ1) is 9.65. The molecule has 0 heterocycles. The molecule has 0 bridgehead atoms. The molecule has 1 aromatic carbocycles. The predicted octanol–water partition coefficient (Wildman–Crippen LogP) is 1.75. The number of nitriles is 1. The number of nitrogens with zero attached hydrogens (tertiary/aromatic N) is 2. The number of allylic oxidation sites excluding steroid dienone is 1. The SMILES string of the molecule is N#CC(=C=N)c1cccc([N+](=O)[O-])c1. The molecule has 5 heteroatoms. The second kappa shape index (κ2) is 3.99. The lowest BCUT2D eigenvalue weighted by Crippen LogP contribution is -1.89. The van der Waals surface area contributed by atoms with E-state index in [9.17, 15) is 10.1 Å². The number of nitro benzene ring substituents is 1. The first-order valence-electron chi connectivity index (χ1n) is 3.63. The fraction of sp³-hybridized carbons (Fsp3) is 0. The molecule has 1 N–H and O–H groups in total. The highest BCUT2D eigenvalue weighted by atomic mass is 16.6. The Morgan fingerprint density at radius 3 is 2.79 bits per heavy atom. The lowest BCUT2D eigenvalue weighted by atomic mass is 10.1. The molecule has 0 amide bonds. The quantitative estimate of drug-likeness (QED) is 0.331. The van der Waals surface area contributed by atoms with Crippen molar-refractivity contribution in [3.05, 3.63) is 39.9 Å². The minimum atomic E-state index is -0.553. The number of hydrogen-bond acceptors (Lipinski definition) is 4. The van der Waals surface area contributed by atoms with Crippen molar-refractivity contribution in [3.63, 3.8) is 0 Å². The molecule has 0 saturated carbocycles. The summed E-state index contributed by atoms with van der Waals surface area (Å²) in [6.07, 6.45) is 0. The minimum absolute atomic E-state index is 0.0197. The molecule has 68 valence electrons. The molecule has 14 heavy (non-hydrogen) atoms. The van der Waals surface area contributed by atoms with Crippen LogP contribution in [0.15, 0.2) is 24.3 Å². The third-order valence-corrected chi connectivity index (χ3v) is 1.58. The summed E-state index contributed by atoms with van der Waals surface area (Å²) in [7, 11) is 0. The summed E-state index contributed by atoms with van der Waals surface area (Å²) < 4.78 is 0. The maximum atomic E-state index is 10.4. The normalized spacial score (nSPS) is 8.50. The van der Waals surface area contributed by atoms with Gasteiger partial charge in [-0.2, -0.15) is 5.26 Å². The predicted molar refractivity (Wildman–Crippen MR) is 49.8 cm³/mol. The minimum Gasteiger partial charge on any atom is -0.258 e. The van der Waals surface area contributed by atoms with Crippen LogP contribution in [0, 0.1) is 26.9 Å². The number of nitrogens with one attached hydrogen (secondary N) is 1. The summed E-state index contributed by atoms with van der Waals surface area (Å²) in [5.41, 5.74) is 0.205. The molecule has 0 aromatic heterocycles. The Hall–Kier alpha value is -2.44. The zero-order chi connectivity index (χ0) is 10.6. The van der Waals surface area contributed by atoms with Crippen molar-refractivity contribution < 1.29 is 4.92 Å². The van der Waals surface area contributed by atoms with Crippen LogP contribution in [0.4, 0.5) is 5.69 Å². The number of benzene rings is 1. The Morgan fingerprint density at radius 2 is 2.29 bits per heavy atom. The number of rotatable bonds is 2. The molecule has 1 rings (SSSR count). The van der Waals surface area contributed by atoms with Crippen molar-refractivity contribution >= 4 is 17.1 Å². The summed E-state index contributed by atoms with van der Waals surface area (Å²) in [5, 5.41) is 25.8. The van der Waals surface area contributed by atoms with Crippen LogP contribution in [0.2, 0.25) is 0 Å². The highest BCUT2D eigenvalue weighted by Crippen LogP contribution is 2.17. The van der Waals surface area contributed by atoms with Gasteiger partial charge in [-0.25, -0.2) is 0 Å². The number of non-ortho nitro benzene ring substituents is 1. The monoisotopic (exact) mass is 187 g/mol. The second-order valence-electron chi connectivity index (χ2n) is 2.42. The van der Waals surface area contributed by atoms with E-state index in [0.29, 0.717) is 5.56 Å². The van der Waals surface area contributed by atoms with E-state index in [1.54, 1.807) is 6.07 Å². The third-order valence-electron chi connectivity index (χ3n) is 1.58. The Kier molecular flexibility index (Phi) is 2.75. The van der Waals surface area contributed by atoms with Gasteiger partial charge in [-0.3, -0.25) is 15.5 Å². The highest BCUT2D eigenvalue weighted by molar-refractivity contribution is 5.96. The third kappa shape index (κ3) is 1.83. The molecule has 0 aliphatic heterocycles. The molecule has 0 spiro atoms. The van der Waals surface area contributed by atoms with E-state index in [0.717, 1.165) is 0 Å². The molecule has 1 aromatic rings. The maximum absolute atomic E-state index is 10.4. The van der Waals surface area contributed by atoms with Crippen LogP contribution in [-0.2, 0) is 0 Å². The molecule has 0 radical (unpaired) electrons. The van der Waals surface area contributed by atoms with Crippen molar-refractivity contribution in [3.8, 4) is 6.07 Å². The molecule has 5 nitrogen and oxygen atoms in total. The van der Waals surface area contributed by atoms with Gasteiger partial charge in [-0.1, -0.05) is 12.1 Å². The van der Waals surface area contributed by atoms with Crippen LogP contribution >= 0.6 is 0 Å². The van der Waals surface area contributed by atoms with E-state index >= 15 is 0 Å². The first-order valence-corrected chi connectivity index (χ1v) is 3.63. The Balaban J connectivity index is 3.26. The van der Waals surface area contributed by atoms with Gasteiger partial charge in [0.2, 0.25) is 0 Å². The summed E-state index contributed by atoms with van der Waals surface area (Å²) >= 11 is 0. The number of hydrogen-bond donors (Lipinski definition) is 1. The van der Waals surface area contributed by atoms with Crippen LogP contribution in [-0.4, -0.2) is 10.8 Å². The van der Waals surface area contributed by atoms with E-state index in [2.05, 4.69) is 0 Å². The van der Waals surface area contributed by atoms with Crippen molar-refractivity contribution in [1.29, 1.82) is 10.7 Å². The Morgan fingerprint density at radius 1 is 1.57 bits per heavy atom. The van der Waals surface area contributed by atoms with Crippen molar-refractivity contribution in [2.45, 2.75) is 0 Å². The molecule has 0 aliphatic carbocycles. The first-order chi connectivity index (χ1) is 6.69. The molecule has 0 atom stereocenters. The van der Waals surface area contributed by atoms with E-state index in [-0.39, 0.29) is 11.3 Å². The molecule has 0 fully saturated rings. The Bertz CT molecular complexity index is 467. The fourth-order valence-corrected chi connectivity index (χ4v) is 0.940. The molecule has 0 aliphatic rings. The topological polar surface area (TPSA) is 90.8 Å². The van der Waals surface area contributed by atoms with Gasteiger partial charge >= 0.3 is 0 Å². The van der Waals surface area contributed by atoms with Crippen LogP contribution in [0.3, 0.4) is 0 Å². The maximum Gasteiger partial charge on any atom is 0.270 e. The van der Waals surface area contributed by atoms with E-state index in [1.165, 1.54) is 24.3 Å². The molecule has 0 saturated heterocycles. The standard InChI is InChI=1S/C9H5N3O2/c10-5-8(6-11)7-2-1-3-9(4-7)12(13)14/h1-4,10H. The van der Waals surface area contributed by atoms with Crippen LogP contribution < -0.4 is 0 Å². The highest BCUT2D eigenvalue weighted by Gasteiger charge is 2.07. The molecular formula is C9H5N3O2. The zero-order valence-corrected chi connectivity index (χ0v) is 7.02. The van der Waals surface area contributed by atoms with E-state index in [4.69, 9.17) is 10.7 Å². The smallest absolute Gasteiger partial charge is 0.258 e. The van der Waals surface area contributed by atoms with Crippen molar-refractivity contribution in [1.82, 2.24) is 0 Å². The summed E-state index contributed by atoms with van der Waals surface area (Å²) in [6.45, 7) is 0. The summed E-state index contributed by atoms with van der Waals surface area (Å²) in [5.74, 6) is 1.92. The van der Waals surface area contributed by atoms with Crippen LogP contribution in [0.25, 0.3) is 5.57 Å². The van der Waals surface area contributed by atoms with Gasteiger partial charge in [0.1, 0.15) is 11.6 Å². The van der Waals surface area contributed by atoms with Gasteiger partial charge in [-0.15, -0.1) is 0 Å². The average molecular weight is 187 g/mol. The Labute approximate surface area is 79.6 Å². The van der Waals surface area contributed by atoms with E-state index < -0.39 is 4.92 Å². The lowest BCUT2D eigenvalue weighted by molar-refractivity contribution is -0.384. The van der Waals surface area contributed by atoms with Gasteiger partial charge < -0.3 is 0 Å². The van der Waals surface area contributed by atoms with Crippen LogP contribution in [0.5, 0.6) is 0 Å². The summed E-state index contributed by atoms with van der Waals surface area (Å²) in [6, 6.07) is 7.27. The molecule has 0 unspecified atom stereocenters. The van der Waals surface area contributed by atoms with Crippen LogP contribution in [0.1, 0.15) is 5.56 Å². The average Bonchev–Trinajstić information content (AvgIpc) is 2.20. The van der Waals surface area contributed by atoms with Gasteiger partial charge in [0.05, 0.1) is 4.92 Å². The molecular weight excluding hydrogens is 182 g/mol. The lowest BCUT2D eigenvalue weighted by Gasteiger charge is -1.95. The van der Waals surface area contributed by atoms with E-state index in [1.807, 2.05) is 5.87 Å². The van der Waals surface area contributed by atoms with Crippen molar-refractivity contribution in [2.75, 3.05) is 0 Å². The zero-order valence-electron chi connectivity index (χ0n) is 7.02. The van der Waals surface area contributed by atoms with Gasteiger partial charge in [-0.05, 0) is 5.87 Å². The fourth-order valence-electron chi connectivity index (χ4n) is 0.940. The summed E-state index contributed by atoms with van der Waals surface area (Å²) in [4.78, 5) is 9.85. The van der Waals surface area contributed by atoms with Gasteiger partial charge in [0.15, 0.2) is 0 Å². The van der Waals surface area contributed by atoms with Crippen molar-refractivity contribution in [2.24, 2.45) is 0 Å². The largest absolute Gasteiger partial charge is 0.270 e. The van der Waals surface area contributed by atoms with Gasteiger partial charge in [0, 0.05) is 17.7 Å². The second-order valence-corrected chi connectivity index (χ2v) is 2.42. The number of nitro groups is 1. The van der Waals surface area contributed by atoms with Gasteiger partial charge in [0.25, 0.3) is 5.69 Å².